The van der Waals surface area contributed by atoms with E-state index in [1.807, 2.05) is 42.2 Å². The molecule has 1 aliphatic heterocycles. The van der Waals surface area contributed by atoms with Crippen LogP contribution in [-0.2, 0) is 4.79 Å². The lowest BCUT2D eigenvalue weighted by atomic mass is 9.92. The van der Waals surface area contributed by atoms with E-state index < -0.39 is 0 Å². The summed E-state index contributed by atoms with van der Waals surface area (Å²) in [6.45, 7) is 9.18. The van der Waals surface area contributed by atoms with Gasteiger partial charge in [0.05, 0.1) is 6.10 Å². The van der Waals surface area contributed by atoms with Crippen LogP contribution in [0.5, 0.6) is 0 Å². The normalized spacial score (nSPS) is 21.3. The Bertz CT molecular complexity index is 485. The van der Waals surface area contributed by atoms with E-state index in [-0.39, 0.29) is 24.0 Å². The molecule has 3 unspecified atom stereocenters. The summed E-state index contributed by atoms with van der Waals surface area (Å²) in [6.07, 6.45) is 1.62. The summed E-state index contributed by atoms with van der Waals surface area (Å²) in [5, 5.41) is 9.89. The zero-order valence-electron chi connectivity index (χ0n) is 14.6. The van der Waals surface area contributed by atoms with Crippen LogP contribution in [0.2, 0.25) is 0 Å². The second-order valence-corrected chi connectivity index (χ2v) is 6.46. The fraction of sp³-hybridized carbons (Fsp3) is 0.632. The summed E-state index contributed by atoms with van der Waals surface area (Å²) >= 11 is 0. The van der Waals surface area contributed by atoms with Gasteiger partial charge in [-0.1, -0.05) is 44.2 Å². The molecule has 128 valence electrons. The van der Waals surface area contributed by atoms with Gasteiger partial charge in [-0.25, -0.2) is 0 Å². The van der Waals surface area contributed by atoms with Gasteiger partial charge in [0.1, 0.15) is 6.04 Å². The highest BCUT2D eigenvalue weighted by Crippen LogP contribution is 2.27. The Morgan fingerprint density at radius 1 is 1.30 bits per heavy atom. The third kappa shape index (κ3) is 4.33. The molecule has 0 radical (unpaired) electrons. The van der Waals surface area contributed by atoms with Crippen molar-refractivity contribution < 1.29 is 9.90 Å². The smallest absolute Gasteiger partial charge is 0.244 e. The molecule has 3 atom stereocenters. The van der Waals surface area contributed by atoms with Gasteiger partial charge in [-0.3, -0.25) is 9.69 Å². The van der Waals surface area contributed by atoms with E-state index >= 15 is 0 Å². The van der Waals surface area contributed by atoms with Crippen LogP contribution < -0.4 is 0 Å². The fourth-order valence-electron chi connectivity index (χ4n) is 3.51. The minimum Gasteiger partial charge on any atom is -0.393 e. The highest BCUT2D eigenvalue weighted by Gasteiger charge is 2.33. The van der Waals surface area contributed by atoms with Gasteiger partial charge in [0, 0.05) is 19.0 Å². The molecule has 1 amide bonds. The Morgan fingerprint density at radius 2 is 1.96 bits per heavy atom. The van der Waals surface area contributed by atoms with Gasteiger partial charge in [0.25, 0.3) is 0 Å². The molecule has 0 spiro atoms. The largest absolute Gasteiger partial charge is 0.393 e. The molecular weight excluding hydrogens is 288 g/mol. The molecule has 0 saturated carbocycles. The van der Waals surface area contributed by atoms with Crippen LogP contribution in [0.3, 0.4) is 0 Å². The summed E-state index contributed by atoms with van der Waals surface area (Å²) in [6, 6.07) is 9.83. The summed E-state index contributed by atoms with van der Waals surface area (Å²) < 4.78 is 0. The Labute approximate surface area is 140 Å². The molecule has 1 aromatic carbocycles. The van der Waals surface area contributed by atoms with Crippen LogP contribution in [0.15, 0.2) is 30.3 Å². The van der Waals surface area contributed by atoms with Crippen molar-refractivity contribution in [1.29, 1.82) is 0 Å². The number of likely N-dealkylation sites (tertiary alicyclic amines) is 1. The first-order chi connectivity index (χ1) is 11.1. The predicted molar refractivity (Wildman–Crippen MR) is 93.1 cm³/mol. The van der Waals surface area contributed by atoms with Crippen molar-refractivity contribution >= 4 is 5.91 Å². The molecule has 1 aliphatic rings. The fourth-order valence-corrected chi connectivity index (χ4v) is 3.51. The lowest BCUT2D eigenvalue weighted by Gasteiger charge is -2.38. The molecule has 1 fully saturated rings. The van der Waals surface area contributed by atoms with Crippen LogP contribution in [0, 0.1) is 5.92 Å². The van der Waals surface area contributed by atoms with Crippen LogP contribution in [0.25, 0.3) is 0 Å². The average molecular weight is 318 g/mol. The summed E-state index contributed by atoms with van der Waals surface area (Å²) in [4.78, 5) is 17.4. The molecule has 2 rings (SSSR count). The maximum atomic E-state index is 13.2. The van der Waals surface area contributed by atoms with Gasteiger partial charge >= 0.3 is 0 Å². The van der Waals surface area contributed by atoms with Gasteiger partial charge in [-0.2, -0.15) is 0 Å². The first-order valence-electron chi connectivity index (χ1n) is 8.84. The van der Waals surface area contributed by atoms with E-state index in [0.717, 1.165) is 38.0 Å². The Balaban J connectivity index is 2.22. The van der Waals surface area contributed by atoms with Crippen LogP contribution in [-0.4, -0.2) is 53.1 Å². The number of likely N-dealkylation sites (N-methyl/N-ethyl adjacent to an activating group) is 1. The van der Waals surface area contributed by atoms with E-state index in [1.165, 1.54) is 0 Å². The maximum absolute atomic E-state index is 13.2. The third-order valence-corrected chi connectivity index (χ3v) is 4.98. The number of carbonyl (C=O) groups is 1. The molecule has 1 saturated heterocycles. The summed E-state index contributed by atoms with van der Waals surface area (Å²) in [7, 11) is 0. The quantitative estimate of drug-likeness (QED) is 0.877. The van der Waals surface area contributed by atoms with Crippen LogP contribution in [0.1, 0.15) is 45.2 Å². The second-order valence-electron chi connectivity index (χ2n) is 6.46. The number of amides is 1. The Hall–Kier alpha value is -1.39. The van der Waals surface area contributed by atoms with Crippen molar-refractivity contribution in [2.45, 2.75) is 45.8 Å². The SMILES string of the molecule is CCN(CC)C(C(=O)N1CCCC(C(C)O)C1)c1ccccc1. The van der Waals surface area contributed by atoms with E-state index in [9.17, 15) is 9.90 Å². The molecule has 23 heavy (non-hydrogen) atoms. The molecular formula is C19H30N2O2. The molecule has 0 aromatic heterocycles. The highest BCUT2D eigenvalue weighted by molar-refractivity contribution is 5.83. The van der Waals surface area contributed by atoms with Gasteiger partial charge in [0.2, 0.25) is 5.91 Å². The minimum absolute atomic E-state index is 0.172. The van der Waals surface area contributed by atoms with E-state index in [0.29, 0.717) is 6.54 Å². The van der Waals surface area contributed by atoms with E-state index in [2.05, 4.69) is 18.7 Å². The minimum atomic E-state index is -0.353. The monoisotopic (exact) mass is 318 g/mol. The lowest BCUT2D eigenvalue weighted by Crippen LogP contribution is -2.48. The molecule has 0 bridgehead atoms. The van der Waals surface area contributed by atoms with Gasteiger partial charge in [-0.05, 0) is 38.4 Å². The number of hydrogen-bond donors (Lipinski definition) is 1. The zero-order chi connectivity index (χ0) is 16.8. The lowest BCUT2D eigenvalue weighted by molar-refractivity contribution is -0.140. The highest BCUT2D eigenvalue weighted by atomic mass is 16.3. The third-order valence-electron chi connectivity index (χ3n) is 4.98. The molecule has 0 aliphatic carbocycles. The molecule has 4 nitrogen and oxygen atoms in total. The number of nitrogens with zero attached hydrogens (tertiary/aromatic N) is 2. The van der Waals surface area contributed by atoms with Crippen molar-refractivity contribution in [2.24, 2.45) is 5.92 Å². The van der Waals surface area contributed by atoms with Crippen molar-refractivity contribution in [3.8, 4) is 0 Å². The van der Waals surface area contributed by atoms with Gasteiger partial charge in [0.15, 0.2) is 0 Å². The average Bonchev–Trinajstić information content (AvgIpc) is 2.59. The van der Waals surface area contributed by atoms with E-state index in [4.69, 9.17) is 0 Å². The van der Waals surface area contributed by atoms with Gasteiger partial charge < -0.3 is 10.0 Å². The van der Waals surface area contributed by atoms with Gasteiger partial charge in [-0.15, -0.1) is 0 Å². The second kappa shape index (κ2) is 8.46. The number of aliphatic hydroxyl groups excluding tert-OH is 1. The Morgan fingerprint density at radius 3 is 2.52 bits per heavy atom. The number of rotatable bonds is 6. The number of benzene rings is 1. The topological polar surface area (TPSA) is 43.8 Å². The van der Waals surface area contributed by atoms with Crippen LogP contribution in [0.4, 0.5) is 0 Å². The summed E-state index contributed by atoms with van der Waals surface area (Å²) in [5.74, 6) is 0.367. The summed E-state index contributed by atoms with van der Waals surface area (Å²) in [5.41, 5.74) is 1.06. The molecule has 1 N–H and O–H groups in total. The van der Waals surface area contributed by atoms with Crippen LogP contribution >= 0.6 is 0 Å². The maximum Gasteiger partial charge on any atom is 0.244 e. The number of hydrogen-bond acceptors (Lipinski definition) is 3. The standard InChI is InChI=1S/C19H30N2O2/c1-4-20(5-2)18(16-10-7-6-8-11-16)19(23)21-13-9-12-17(14-21)15(3)22/h6-8,10-11,15,17-18,22H,4-5,9,12-14H2,1-3H3. The number of aliphatic hydroxyl groups is 1. The predicted octanol–water partition coefficient (Wildman–Crippen LogP) is 2.69. The Kier molecular flexibility index (Phi) is 6.60. The molecule has 4 heteroatoms. The van der Waals surface area contributed by atoms with E-state index in [1.54, 1.807) is 0 Å². The zero-order valence-corrected chi connectivity index (χ0v) is 14.6. The first-order valence-corrected chi connectivity index (χ1v) is 8.84. The molecule has 1 heterocycles. The van der Waals surface area contributed by atoms with Crippen molar-refractivity contribution in [2.75, 3.05) is 26.2 Å². The van der Waals surface area contributed by atoms with Crippen molar-refractivity contribution in [3.63, 3.8) is 0 Å². The number of carbonyl (C=O) groups excluding carboxylic acids is 1. The molecule has 1 aromatic rings. The van der Waals surface area contributed by atoms with Crippen molar-refractivity contribution in [1.82, 2.24) is 9.80 Å². The first kappa shape index (κ1) is 18.0. The number of piperidine rings is 1. The van der Waals surface area contributed by atoms with Crippen molar-refractivity contribution in [3.05, 3.63) is 35.9 Å².